The summed E-state index contributed by atoms with van der Waals surface area (Å²) in [5.41, 5.74) is 0.732. The first-order valence-corrected chi connectivity index (χ1v) is 9.31. The van der Waals surface area contributed by atoms with Crippen LogP contribution in [0.25, 0.3) is 0 Å². The van der Waals surface area contributed by atoms with E-state index in [1.165, 1.54) is 8.61 Å². The summed E-state index contributed by atoms with van der Waals surface area (Å²) < 4.78 is 27.8. The van der Waals surface area contributed by atoms with Crippen molar-refractivity contribution in [3.63, 3.8) is 0 Å². The summed E-state index contributed by atoms with van der Waals surface area (Å²) in [5.74, 6) is -0.0106. The van der Waals surface area contributed by atoms with Crippen molar-refractivity contribution in [2.24, 2.45) is 0 Å². The lowest BCUT2D eigenvalue weighted by Crippen LogP contribution is -2.54. The predicted octanol–water partition coefficient (Wildman–Crippen LogP) is 0.355. The Hall–Kier alpha value is -1.51. The Morgan fingerprint density at radius 2 is 1.83 bits per heavy atom. The van der Waals surface area contributed by atoms with E-state index in [4.69, 9.17) is 0 Å². The molecular formula is C15H24N4O3S. The van der Waals surface area contributed by atoms with Gasteiger partial charge in [0.1, 0.15) is 0 Å². The minimum atomic E-state index is -3.42. The van der Waals surface area contributed by atoms with Gasteiger partial charge in [0, 0.05) is 51.2 Å². The quantitative estimate of drug-likeness (QED) is 0.749. The highest BCUT2D eigenvalue weighted by atomic mass is 32.2. The smallest absolute Gasteiger partial charge is 0.282 e. The molecular weight excluding hydrogens is 316 g/mol. The van der Waals surface area contributed by atoms with Gasteiger partial charge < -0.3 is 4.90 Å². The van der Waals surface area contributed by atoms with Crippen LogP contribution in [0, 0.1) is 0 Å². The Bertz CT molecular complexity index is 609. The standard InChI is InChI=1S/C15H24N4O3S/c1-3-18(4-2)23(21,22)19-11-9-17(10-12-19)15(20)13-14-7-5-6-8-16-14/h5-8H,3-4,9-13H2,1-2H3. The lowest BCUT2D eigenvalue weighted by atomic mass is 10.2. The largest absolute Gasteiger partial charge is 0.340 e. The molecule has 128 valence electrons. The van der Waals surface area contributed by atoms with Crippen molar-refractivity contribution in [1.29, 1.82) is 0 Å². The van der Waals surface area contributed by atoms with Crippen LogP contribution < -0.4 is 0 Å². The average molecular weight is 340 g/mol. The number of rotatable bonds is 6. The zero-order valence-electron chi connectivity index (χ0n) is 13.7. The molecule has 2 rings (SSSR count). The molecule has 0 saturated carbocycles. The Morgan fingerprint density at radius 3 is 2.35 bits per heavy atom. The molecule has 0 atom stereocenters. The molecule has 1 aromatic rings. The van der Waals surface area contributed by atoms with E-state index in [0.717, 1.165) is 5.69 Å². The number of hydrogen-bond donors (Lipinski definition) is 0. The van der Waals surface area contributed by atoms with Crippen molar-refractivity contribution in [3.05, 3.63) is 30.1 Å². The second kappa shape index (κ2) is 7.85. The molecule has 1 saturated heterocycles. The lowest BCUT2D eigenvalue weighted by Gasteiger charge is -2.36. The van der Waals surface area contributed by atoms with E-state index < -0.39 is 10.2 Å². The van der Waals surface area contributed by atoms with Crippen LogP contribution in [0.4, 0.5) is 0 Å². The molecule has 7 nitrogen and oxygen atoms in total. The summed E-state index contributed by atoms with van der Waals surface area (Å²) >= 11 is 0. The number of pyridine rings is 1. The van der Waals surface area contributed by atoms with Crippen molar-refractivity contribution in [2.45, 2.75) is 20.3 Å². The third kappa shape index (κ3) is 4.27. The molecule has 0 unspecified atom stereocenters. The van der Waals surface area contributed by atoms with E-state index in [1.54, 1.807) is 11.1 Å². The number of carbonyl (C=O) groups is 1. The first kappa shape index (κ1) is 17.8. The fraction of sp³-hybridized carbons (Fsp3) is 0.600. The van der Waals surface area contributed by atoms with Gasteiger partial charge >= 0.3 is 0 Å². The third-order valence-corrected chi connectivity index (χ3v) is 6.19. The van der Waals surface area contributed by atoms with E-state index in [0.29, 0.717) is 39.3 Å². The summed E-state index contributed by atoms with van der Waals surface area (Å²) in [5, 5.41) is 0. The van der Waals surface area contributed by atoms with Gasteiger partial charge in [0.25, 0.3) is 10.2 Å². The lowest BCUT2D eigenvalue weighted by molar-refractivity contribution is -0.131. The van der Waals surface area contributed by atoms with Crippen molar-refractivity contribution >= 4 is 16.1 Å². The molecule has 0 bridgehead atoms. The molecule has 1 amide bonds. The summed E-state index contributed by atoms with van der Waals surface area (Å²) in [6.45, 7) is 6.09. The van der Waals surface area contributed by atoms with Crippen molar-refractivity contribution in [2.75, 3.05) is 39.3 Å². The van der Waals surface area contributed by atoms with Crippen LogP contribution in [0.3, 0.4) is 0 Å². The number of hydrogen-bond acceptors (Lipinski definition) is 4. The van der Waals surface area contributed by atoms with Crippen LogP contribution in [-0.2, 0) is 21.4 Å². The number of piperazine rings is 1. The van der Waals surface area contributed by atoms with E-state index in [-0.39, 0.29) is 12.3 Å². The van der Waals surface area contributed by atoms with Crippen molar-refractivity contribution in [1.82, 2.24) is 18.5 Å². The predicted molar refractivity (Wildman–Crippen MR) is 87.9 cm³/mol. The summed E-state index contributed by atoms with van der Waals surface area (Å²) in [6, 6.07) is 5.48. The summed E-state index contributed by atoms with van der Waals surface area (Å²) in [7, 11) is -3.42. The molecule has 1 aromatic heterocycles. The van der Waals surface area contributed by atoms with Crippen LogP contribution in [0.15, 0.2) is 24.4 Å². The molecule has 8 heteroatoms. The number of carbonyl (C=O) groups excluding carboxylic acids is 1. The molecule has 0 aliphatic carbocycles. The Labute approximate surface area is 138 Å². The van der Waals surface area contributed by atoms with Crippen molar-refractivity contribution in [3.8, 4) is 0 Å². The highest BCUT2D eigenvalue weighted by Gasteiger charge is 2.31. The Morgan fingerprint density at radius 1 is 1.17 bits per heavy atom. The molecule has 1 aliphatic rings. The number of amides is 1. The van der Waals surface area contributed by atoms with Crippen LogP contribution in [0.5, 0.6) is 0 Å². The SMILES string of the molecule is CCN(CC)S(=O)(=O)N1CCN(C(=O)Cc2ccccn2)CC1. The average Bonchev–Trinajstić information content (AvgIpc) is 2.56. The zero-order chi connectivity index (χ0) is 16.9. The highest BCUT2D eigenvalue weighted by Crippen LogP contribution is 2.13. The van der Waals surface area contributed by atoms with Gasteiger partial charge in [0.05, 0.1) is 6.42 Å². The molecule has 0 radical (unpaired) electrons. The fourth-order valence-corrected chi connectivity index (χ4v) is 4.25. The second-order valence-corrected chi connectivity index (χ2v) is 7.30. The van der Waals surface area contributed by atoms with Crippen LogP contribution >= 0.6 is 0 Å². The minimum absolute atomic E-state index is 0.0106. The van der Waals surface area contributed by atoms with E-state index in [1.807, 2.05) is 32.0 Å². The molecule has 0 spiro atoms. The normalized spacial score (nSPS) is 16.7. The van der Waals surface area contributed by atoms with Gasteiger partial charge in [0.2, 0.25) is 5.91 Å². The second-order valence-electron chi connectivity index (χ2n) is 5.37. The van der Waals surface area contributed by atoms with E-state index in [2.05, 4.69) is 4.98 Å². The highest BCUT2D eigenvalue weighted by molar-refractivity contribution is 7.86. The maximum absolute atomic E-state index is 12.5. The summed E-state index contributed by atoms with van der Waals surface area (Å²) in [4.78, 5) is 18.1. The molecule has 0 N–H and O–H groups in total. The Balaban J connectivity index is 1.92. The fourth-order valence-electron chi connectivity index (χ4n) is 2.65. The first-order chi connectivity index (χ1) is 11.0. The molecule has 0 aromatic carbocycles. The van der Waals surface area contributed by atoms with Crippen molar-refractivity contribution < 1.29 is 13.2 Å². The monoisotopic (exact) mass is 340 g/mol. The first-order valence-electron chi connectivity index (χ1n) is 7.92. The minimum Gasteiger partial charge on any atom is -0.340 e. The van der Waals surface area contributed by atoms with Crippen LogP contribution in [0.1, 0.15) is 19.5 Å². The molecule has 1 fully saturated rings. The molecule has 2 heterocycles. The topological polar surface area (TPSA) is 73.8 Å². The van der Waals surface area contributed by atoms with Gasteiger partial charge in [-0.05, 0) is 12.1 Å². The van der Waals surface area contributed by atoms with Gasteiger partial charge in [-0.2, -0.15) is 17.0 Å². The summed E-state index contributed by atoms with van der Waals surface area (Å²) in [6.07, 6.45) is 1.92. The third-order valence-electron chi connectivity index (χ3n) is 4.01. The van der Waals surface area contributed by atoms with Gasteiger partial charge in [0.15, 0.2) is 0 Å². The van der Waals surface area contributed by atoms with E-state index >= 15 is 0 Å². The van der Waals surface area contributed by atoms with Gasteiger partial charge in [-0.25, -0.2) is 0 Å². The molecule has 23 heavy (non-hydrogen) atoms. The van der Waals surface area contributed by atoms with Gasteiger partial charge in [-0.15, -0.1) is 0 Å². The zero-order valence-corrected chi connectivity index (χ0v) is 14.5. The van der Waals surface area contributed by atoms with E-state index in [9.17, 15) is 13.2 Å². The Kier molecular flexibility index (Phi) is 6.09. The van der Waals surface area contributed by atoms with Gasteiger partial charge in [-0.3, -0.25) is 9.78 Å². The van der Waals surface area contributed by atoms with Gasteiger partial charge in [-0.1, -0.05) is 19.9 Å². The number of aromatic nitrogens is 1. The maximum atomic E-state index is 12.5. The van der Waals surface area contributed by atoms with Crippen LogP contribution in [-0.4, -0.2) is 72.1 Å². The number of nitrogens with zero attached hydrogens (tertiary/aromatic N) is 4. The molecule has 1 aliphatic heterocycles. The maximum Gasteiger partial charge on any atom is 0.282 e. The van der Waals surface area contributed by atoms with Crippen LogP contribution in [0.2, 0.25) is 0 Å².